The third-order valence-electron chi connectivity index (χ3n) is 5.74. The lowest BCUT2D eigenvalue weighted by Crippen LogP contribution is -2.24. The van der Waals surface area contributed by atoms with Crippen LogP contribution in [0.2, 0.25) is 5.15 Å². The van der Waals surface area contributed by atoms with Gasteiger partial charge in [0.05, 0.1) is 12.8 Å². The van der Waals surface area contributed by atoms with E-state index in [9.17, 15) is 22.0 Å². The van der Waals surface area contributed by atoms with Crippen molar-refractivity contribution in [1.82, 2.24) is 15.0 Å². The predicted molar refractivity (Wildman–Crippen MR) is 115 cm³/mol. The van der Waals surface area contributed by atoms with E-state index in [-0.39, 0.29) is 30.5 Å². The number of nitrogens with one attached hydrogen (secondary N) is 1. The highest BCUT2D eigenvalue weighted by atomic mass is 35.5. The minimum atomic E-state index is -4.50. The van der Waals surface area contributed by atoms with Crippen molar-refractivity contribution in [3.8, 4) is 22.8 Å². The van der Waals surface area contributed by atoms with Gasteiger partial charge in [-0.3, -0.25) is 4.98 Å². The minimum absolute atomic E-state index is 0.00884. The molecule has 5 nitrogen and oxygen atoms in total. The fraction of sp³-hybridized carbons (Fsp3) is 0.391. The molecule has 182 valence electrons. The van der Waals surface area contributed by atoms with Gasteiger partial charge in [0, 0.05) is 42.1 Å². The second kappa shape index (κ2) is 9.40. The van der Waals surface area contributed by atoms with Gasteiger partial charge in [-0.15, -0.1) is 0 Å². The largest absolute Gasteiger partial charge is 0.496 e. The third-order valence-corrected chi connectivity index (χ3v) is 6.02. The number of hydrogen-bond acceptors (Lipinski definition) is 4. The monoisotopic (exact) mass is 501 g/mol. The molecule has 1 aliphatic carbocycles. The molecule has 0 atom stereocenters. The Kier molecular flexibility index (Phi) is 6.71. The van der Waals surface area contributed by atoms with Crippen LogP contribution in [-0.4, -0.2) is 28.0 Å². The summed E-state index contributed by atoms with van der Waals surface area (Å²) < 4.78 is 76.0. The molecule has 0 spiro atoms. The summed E-state index contributed by atoms with van der Waals surface area (Å²) in [5, 5.41) is 0.204. The fourth-order valence-corrected chi connectivity index (χ4v) is 4.11. The maximum atomic E-state index is 13.5. The molecular formula is C23H21ClF5N3O2. The van der Waals surface area contributed by atoms with Crippen LogP contribution in [0.25, 0.3) is 11.3 Å². The van der Waals surface area contributed by atoms with Crippen molar-refractivity contribution in [2.24, 2.45) is 0 Å². The van der Waals surface area contributed by atoms with Gasteiger partial charge in [0.2, 0.25) is 5.92 Å². The number of aromatic nitrogens is 3. The Morgan fingerprint density at radius 1 is 1.15 bits per heavy atom. The van der Waals surface area contributed by atoms with Crippen LogP contribution in [0.4, 0.5) is 22.0 Å². The number of aromatic amines is 1. The number of rotatable bonds is 6. The number of hydrogen-bond donors (Lipinski definition) is 1. The number of ether oxygens (including phenoxy) is 2. The topological polar surface area (TPSA) is 60.0 Å². The van der Waals surface area contributed by atoms with E-state index in [1.54, 1.807) is 18.2 Å². The molecule has 0 bridgehead atoms. The lowest BCUT2D eigenvalue weighted by molar-refractivity contribution is -0.141. The van der Waals surface area contributed by atoms with Crippen LogP contribution >= 0.6 is 11.6 Å². The van der Waals surface area contributed by atoms with Crippen molar-refractivity contribution in [1.29, 1.82) is 0 Å². The van der Waals surface area contributed by atoms with Crippen LogP contribution in [0, 0.1) is 0 Å². The van der Waals surface area contributed by atoms with E-state index >= 15 is 0 Å². The summed E-state index contributed by atoms with van der Waals surface area (Å²) in [5.41, 5.74) is 0.607. The zero-order chi connectivity index (χ0) is 24.5. The quantitative estimate of drug-likeness (QED) is 0.368. The summed E-state index contributed by atoms with van der Waals surface area (Å²) >= 11 is 6.35. The zero-order valence-electron chi connectivity index (χ0n) is 18.1. The first-order valence-corrected chi connectivity index (χ1v) is 10.9. The van der Waals surface area contributed by atoms with Crippen molar-refractivity contribution in [3.05, 3.63) is 58.8 Å². The van der Waals surface area contributed by atoms with E-state index in [2.05, 4.69) is 15.0 Å². The zero-order valence-corrected chi connectivity index (χ0v) is 18.8. The van der Waals surface area contributed by atoms with Crippen molar-refractivity contribution in [3.63, 3.8) is 0 Å². The lowest BCUT2D eigenvalue weighted by Gasteiger charge is -2.26. The summed E-state index contributed by atoms with van der Waals surface area (Å²) in [6, 6.07) is 7.18. The van der Waals surface area contributed by atoms with Crippen molar-refractivity contribution in [2.45, 2.75) is 50.3 Å². The van der Waals surface area contributed by atoms with Crippen LogP contribution in [0.3, 0.4) is 0 Å². The average Bonchev–Trinajstić information content (AvgIpc) is 3.18. The average molecular weight is 502 g/mol. The Morgan fingerprint density at radius 2 is 1.88 bits per heavy atom. The third kappa shape index (κ3) is 5.43. The Morgan fingerprint density at radius 3 is 2.50 bits per heavy atom. The maximum Gasteiger partial charge on any atom is 0.433 e. The first-order valence-electron chi connectivity index (χ1n) is 10.5. The normalized spacial score (nSPS) is 16.4. The molecule has 1 fully saturated rings. The molecular weight excluding hydrogens is 481 g/mol. The van der Waals surface area contributed by atoms with Crippen molar-refractivity contribution < 1.29 is 31.4 Å². The second-order valence-corrected chi connectivity index (χ2v) is 8.48. The molecule has 0 amide bonds. The molecule has 0 radical (unpaired) electrons. The van der Waals surface area contributed by atoms with Crippen molar-refractivity contribution in [2.75, 3.05) is 7.11 Å². The van der Waals surface area contributed by atoms with Gasteiger partial charge < -0.3 is 14.5 Å². The molecule has 1 saturated carbocycles. The number of methoxy groups -OCH3 is 1. The number of alkyl halides is 5. The molecule has 2 aromatic heterocycles. The summed E-state index contributed by atoms with van der Waals surface area (Å²) in [6.45, 7) is 0.00884. The van der Waals surface area contributed by atoms with Crippen LogP contribution in [-0.2, 0) is 12.8 Å². The van der Waals surface area contributed by atoms with E-state index in [1.165, 1.54) is 13.2 Å². The van der Waals surface area contributed by atoms with E-state index < -0.39 is 17.8 Å². The molecule has 1 aromatic carbocycles. The highest BCUT2D eigenvalue weighted by molar-refractivity contribution is 6.32. The van der Waals surface area contributed by atoms with Gasteiger partial charge in [-0.2, -0.15) is 13.2 Å². The van der Waals surface area contributed by atoms with Crippen LogP contribution in [0.1, 0.15) is 48.7 Å². The Hall–Kier alpha value is -2.88. The molecule has 0 saturated heterocycles. The van der Waals surface area contributed by atoms with Crippen LogP contribution in [0.15, 0.2) is 36.5 Å². The molecule has 11 heteroatoms. The van der Waals surface area contributed by atoms with Crippen LogP contribution < -0.4 is 9.47 Å². The standard InChI is InChI=1S/C23H21ClF5N3O2/c1-33-17-10-15(34-12-13-2-5-18(30-11-13)23(27,28)29)3-4-16(17)19-20(24)32-21(31-19)14-6-8-22(25,26)9-7-14/h2-5,10-11,14H,6-9,12H2,1H3,(H,31,32). The summed E-state index contributed by atoms with van der Waals surface area (Å²) in [5.74, 6) is -1.35. The molecule has 4 rings (SSSR count). The smallest absolute Gasteiger partial charge is 0.433 e. The van der Waals surface area contributed by atoms with Gasteiger partial charge in [0.25, 0.3) is 0 Å². The Labute approximate surface area is 197 Å². The molecule has 34 heavy (non-hydrogen) atoms. The Balaban J connectivity index is 1.48. The number of benzene rings is 1. The Bertz CT molecular complexity index is 1140. The van der Waals surface area contributed by atoms with E-state index in [0.717, 1.165) is 12.3 Å². The number of halogens is 6. The van der Waals surface area contributed by atoms with Gasteiger partial charge in [0.1, 0.15) is 29.6 Å². The first kappa shape index (κ1) is 24.3. The van der Waals surface area contributed by atoms with Gasteiger partial charge in [-0.25, -0.2) is 13.8 Å². The maximum absolute atomic E-state index is 13.5. The summed E-state index contributed by atoms with van der Waals surface area (Å²) in [4.78, 5) is 10.9. The molecule has 2 heterocycles. The molecule has 0 unspecified atom stereocenters. The molecule has 1 N–H and O–H groups in total. The number of H-pyrrole nitrogens is 1. The lowest BCUT2D eigenvalue weighted by atomic mass is 9.86. The van der Waals surface area contributed by atoms with Gasteiger partial charge in [0.15, 0.2) is 5.15 Å². The highest BCUT2D eigenvalue weighted by Crippen LogP contribution is 2.42. The predicted octanol–water partition coefficient (Wildman–Crippen LogP) is 7.02. The fourth-order valence-electron chi connectivity index (χ4n) is 3.87. The van der Waals surface area contributed by atoms with Crippen LogP contribution in [0.5, 0.6) is 11.5 Å². The molecule has 0 aliphatic heterocycles. The SMILES string of the molecule is COc1cc(OCc2ccc(C(F)(F)F)nc2)ccc1-c1[nH]c(C2CCC(F)(F)CC2)nc1Cl. The summed E-state index contributed by atoms with van der Waals surface area (Å²) in [7, 11) is 1.47. The van der Waals surface area contributed by atoms with Gasteiger partial charge in [-0.05, 0) is 31.0 Å². The van der Waals surface area contributed by atoms with Gasteiger partial charge >= 0.3 is 6.18 Å². The number of pyridine rings is 1. The highest BCUT2D eigenvalue weighted by Gasteiger charge is 2.36. The van der Waals surface area contributed by atoms with E-state index in [1.807, 2.05) is 0 Å². The number of imidazole rings is 1. The number of nitrogens with zero attached hydrogens (tertiary/aromatic N) is 2. The van der Waals surface area contributed by atoms with Gasteiger partial charge in [-0.1, -0.05) is 17.7 Å². The molecule has 1 aliphatic rings. The second-order valence-electron chi connectivity index (χ2n) is 8.12. The van der Waals surface area contributed by atoms with Crippen molar-refractivity contribution >= 4 is 11.6 Å². The molecule has 3 aromatic rings. The first-order chi connectivity index (χ1) is 16.1. The van der Waals surface area contributed by atoms with E-state index in [4.69, 9.17) is 21.1 Å². The summed E-state index contributed by atoms with van der Waals surface area (Å²) in [6.07, 6.45) is -3.12. The van der Waals surface area contributed by atoms with E-state index in [0.29, 0.717) is 47.0 Å². The minimum Gasteiger partial charge on any atom is -0.496 e.